The number of rotatable bonds is 4. The summed E-state index contributed by atoms with van der Waals surface area (Å²) in [5.41, 5.74) is 4.07. The molecule has 4 fully saturated rings. The van der Waals surface area contributed by atoms with Crippen LogP contribution in [0, 0.1) is 40.4 Å². The Hall–Kier alpha value is -0.950. The minimum atomic E-state index is -0.552. The van der Waals surface area contributed by atoms with E-state index in [1.54, 1.807) is 0 Å². The molecule has 4 N–H and O–H groups in total. The van der Waals surface area contributed by atoms with Gasteiger partial charge in [-0.2, -0.15) is 0 Å². The highest BCUT2D eigenvalue weighted by molar-refractivity contribution is 5.87. The lowest BCUT2D eigenvalue weighted by Gasteiger charge is -2.62. The number of hydroxylamine groups is 1. The molecule has 0 amide bonds. The Balaban J connectivity index is 1.41. The summed E-state index contributed by atoms with van der Waals surface area (Å²) < 4.78 is 0. The summed E-state index contributed by atoms with van der Waals surface area (Å²) in [6, 6.07) is 0. The number of hydrogen-bond acceptors (Lipinski definition) is 6. The second-order valence-corrected chi connectivity index (χ2v) is 11.1. The van der Waals surface area contributed by atoms with Crippen molar-refractivity contribution in [3.05, 3.63) is 11.8 Å². The minimum Gasteiger partial charge on any atom is -0.396 e. The van der Waals surface area contributed by atoms with E-state index in [1.165, 1.54) is 0 Å². The monoisotopic (exact) mass is 418 g/mol. The molecule has 0 spiro atoms. The number of Topliss-reactive ketones (excluding diaryl/α,β-unsaturated/α-hetero) is 1. The van der Waals surface area contributed by atoms with Gasteiger partial charge in [0.05, 0.1) is 12.2 Å². The zero-order chi connectivity index (χ0) is 21.1. The van der Waals surface area contributed by atoms with Gasteiger partial charge in [-0.3, -0.25) is 15.1 Å². The van der Waals surface area contributed by atoms with Crippen molar-refractivity contribution in [1.29, 1.82) is 0 Å². The van der Waals surface area contributed by atoms with Crippen molar-refractivity contribution < 1.29 is 19.8 Å². The smallest absolute Gasteiger partial charge is 0.139 e. The molecule has 0 aromatic carbocycles. The zero-order valence-electron chi connectivity index (χ0n) is 18.4. The number of carbonyl (C=O) groups excluding carboxylic acids is 1. The van der Waals surface area contributed by atoms with Gasteiger partial charge in [-0.25, -0.2) is 0 Å². The number of nitrogens with one attached hydrogen (secondary N) is 2. The fourth-order valence-corrected chi connectivity index (χ4v) is 8.01. The summed E-state index contributed by atoms with van der Waals surface area (Å²) >= 11 is 0. The lowest BCUT2D eigenvalue weighted by molar-refractivity contribution is -0.181. The van der Waals surface area contributed by atoms with E-state index in [4.69, 9.17) is 4.84 Å². The van der Waals surface area contributed by atoms with Crippen molar-refractivity contribution in [3.63, 3.8) is 0 Å². The number of allylic oxidation sites excluding steroid dienone is 2. The van der Waals surface area contributed by atoms with Crippen molar-refractivity contribution in [2.45, 2.75) is 71.0 Å². The van der Waals surface area contributed by atoms with E-state index < -0.39 is 6.10 Å². The number of ketones is 1. The molecule has 5 rings (SSSR count). The molecule has 0 bridgehead atoms. The van der Waals surface area contributed by atoms with Gasteiger partial charge >= 0.3 is 0 Å². The molecule has 5 aliphatic rings. The van der Waals surface area contributed by atoms with Crippen LogP contribution < -0.4 is 10.8 Å². The summed E-state index contributed by atoms with van der Waals surface area (Å²) in [4.78, 5) is 18.6. The van der Waals surface area contributed by atoms with Crippen LogP contribution in [0.5, 0.6) is 0 Å². The van der Waals surface area contributed by atoms with E-state index in [1.807, 2.05) is 0 Å². The number of hydrogen-bond donors (Lipinski definition) is 4. The van der Waals surface area contributed by atoms with Gasteiger partial charge in [0.2, 0.25) is 0 Å². The van der Waals surface area contributed by atoms with Crippen molar-refractivity contribution in [2.24, 2.45) is 40.4 Å². The molecule has 4 unspecified atom stereocenters. The van der Waals surface area contributed by atoms with Crippen LogP contribution in [0.1, 0.15) is 58.8 Å². The molecular weight excluding hydrogens is 380 g/mol. The normalized spacial score (nSPS) is 50.5. The molecule has 30 heavy (non-hydrogen) atoms. The van der Waals surface area contributed by atoms with E-state index in [0.29, 0.717) is 18.1 Å². The third-order valence-electron chi connectivity index (χ3n) is 9.84. The van der Waals surface area contributed by atoms with Gasteiger partial charge in [-0.1, -0.05) is 19.9 Å². The van der Waals surface area contributed by atoms with E-state index >= 15 is 0 Å². The van der Waals surface area contributed by atoms with Gasteiger partial charge in [0.25, 0.3) is 0 Å². The van der Waals surface area contributed by atoms with Gasteiger partial charge in [0.1, 0.15) is 5.78 Å². The maximum atomic E-state index is 12.7. The van der Waals surface area contributed by atoms with Crippen molar-refractivity contribution in [3.8, 4) is 0 Å². The average molecular weight is 419 g/mol. The molecule has 9 atom stereocenters. The maximum absolute atomic E-state index is 12.7. The van der Waals surface area contributed by atoms with E-state index in [-0.39, 0.29) is 47.2 Å². The first-order valence-corrected chi connectivity index (χ1v) is 12.0. The van der Waals surface area contributed by atoms with Gasteiger partial charge in [0, 0.05) is 36.6 Å². The Labute approximate surface area is 179 Å². The highest BCUT2D eigenvalue weighted by atomic mass is 16.7. The van der Waals surface area contributed by atoms with Crippen LogP contribution >= 0.6 is 0 Å². The summed E-state index contributed by atoms with van der Waals surface area (Å²) in [5, 5.41) is 25.1. The number of aliphatic hydroxyl groups is 2. The zero-order valence-corrected chi connectivity index (χ0v) is 18.4. The van der Waals surface area contributed by atoms with E-state index in [9.17, 15) is 15.0 Å². The number of carbonyl (C=O) groups is 1. The highest BCUT2D eigenvalue weighted by Gasteiger charge is 2.64. The van der Waals surface area contributed by atoms with Crippen LogP contribution in [0.15, 0.2) is 11.8 Å². The van der Waals surface area contributed by atoms with Crippen LogP contribution in [-0.2, 0) is 9.63 Å². The number of aliphatic hydroxyl groups excluding tert-OH is 2. The van der Waals surface area contributed by atoms with Crippen molar-refractivity contribution in [1.82, 2.24) is 10.8 Å². The Bertz CT molecular complexity index is 720. The number of fused-ring (bicyclic) bond motifs is 5. The highest BCUT2D eigenvalue weighted by Crippen LogP contribution is 2.66. The first-order chi connectivity index (χ1) is 14.4. The molecule has 0 aromatic heterocycles. The molecule has 3 saturated carbocycles. The Morgan fingerprint density at radius 2 is 2.03 bits per heavy atom. The Kier molecular flexibility index (Phi) is 5.28. The molecule has 1 saturated heterocycles. The Morgan fingerprint density at radius 1 is 1.20 bits per heavy atom. The molecule has 1 aliphatic heterocycles. The standard InChI is InChI=1S/C24H38N2O4/c1-23-8-5-14(26-30-15-7-10-25-12-15)11-19(23)16(13-27)22(29)21-17-3-4-20(28)24(17,2)9-6-18(21)23/h11,15-19,21-22,25-27,29H,3-10,12-13H2,1-2H3/t15?,16?,17-,18+,19?,21-,22?,23+,24-/m0/s1. The molecule has 0 aromatic rings. The van der Waals surface area contributed by atoms with E-state index in [2.05, 4.69) is 30.7 Å². The molecule has 0 radical (unpaired) electrons. The van der Waals surface area contributed by atoms with Crippen molar-refractivity contribution in [2.75, 3.05) is 19.7 Å². The maximum Gasteiger partial charge on any atom is 0.139 e. The van der Waals surface area contributed by atoms with Gasteiger partial charge in [-0.15, -0.1) is 0 Å². The van der Waals surface area contributed by atoms with Crippen molar-refractivity contribution >= 4 is 5.78 Å². The molecule has 4 aliphatic carbocycles. The average Bonchev–Trinajstić information content (AvgIpc) is 3.36. The third kappa shape index (κ3) is 3.01. The first-order valence-electron chi connectivity index (χ1n) is 12.0. The van der Waals surface area contributed by atoms with Crippen LogP contribution in [0.2, 0.25) is 0 Å². The van der Waals surface area contributed by atoms with Crippen LogP contribution in [-0.4, -0.2) is 47.9 Å². The predicted octanol–water partition coefficient (Wildman–Crippen LogP) is 2.16. The van der Waals surface area contributed by atoms with Gasteiger partial charge in [0.15, 0.2) is 0 Å². The van der Waals surface area contributed by atoms with Crippen LogP contribution in [0.4, 0.5) is 0 Å². The fourth-order valence-electron chi connectivity index (χ4n) is 8.01. The molecule has 6 nitrogen and oxygen atoms in total. The molecule has 6 heteroatoms. The first kappa shape index (κ1) is 20.9. The van der Waals surface area contributed by atoms with E-state index in [0.717, 1.165) is 57.3 Å². The quantitative estimate of drug-likeness (QED) is 0.523. The topological polar surface area (TPSA) is 90.8 Å². The summed E-state index contributed by atoms with van der Waals surface area (Å²) in [6.45, 7) is 6.37. The van der Waals surface area contributed by atoms with Gasteiger partial charge < -0.3 is 15.5 Å². The lowest BCUT2D eigenvalue weighted by Crippen LogP contribution is -2.61. The Morgan fingerprint density at radius 3 is 2.77 bits per heavy atom. The second kappa shape index (κ2) is 7.58. The minimum absolute atomic E-state index is 0.0147. The molecule has 1 heterocycles. The third-order valence-corrected chi connectivity index (χ3v) is 9.84. The molecular formula is C24H38N2O4. The largest absolute Gasteiger partial charge is 0.396 e. The summed E-state index contributed by atoms with van der Waals surface area (Å²) in [5.74, 6) is 1.12. The van der Waals surface area contributed by atoms with Crippen LogP contribution in [0.25, 0.3) is 0 Å². The summed E-state index contributed by atoms with van der Waals surface area (Å²) in [7, 11) is 0. The van der Waals surface area contributed by atoms with Gasteiger partial charge in [-0.05, 0) is 74.2 Å². The molecule has 168 valence electrons. The SMILES string of the molecule is C[C@]12CCC(NOC3CCNC3)=CC1C(CO)C(O)[C@@H]1[C@H]2CC[C@]2(C)C(=O)CC[C@@H]12. The summed E-state index contributed by atoms with van der Waals surface area (Å²) in [6.07, 6.45) is 8.39. The fraction of sp³-hybridized carbons (Fsp3) is 0.875. The van der Waals surface area contributed by atoms with Crippen LogP contribution in [0.3, 0.4) is 0 Å². The lowest BCUT2D eigenvalue weighted by atomic mass is 9.43. The second-order valence-electron chi connectivity index (χ2n) is 11.1. The predicted molar refractivity (Wildman–Crippen MR) is 113 cm³/mol.